The van der Waals surface area contributed by atoms with Crippen LogP contribution in [-0.2, 0) is 14.8 Å². The van der Waals surface area contributed by atoms with Crippen molar-refractivity contribution >= 4 is 31.9 Å². The van der Waals surface area contributed by atoms with Gasteiger partial charge in [-0.3, -0.25) is 4.79 Å². The van der Waals surface area contributed by atoms with Gasteiger partial charge in [-0.15, -0.1) is 6.58 Å². The van der Waals surface area contributed by atoms with Crippen LogP contribution in [0.5, 0.6) is 0 Å². The van der Waals surface area contributed by atoms with E-state index in [0.29, 0.717) is 10.0 Å². The van der Waals surface area contributed by atoms with Crippen LogP contribution in [0.2, 0.25) is 0 Å². The first-order chi connectivity index (χ1) is 8.80. The van der Waals surface area contributed by atoms with Gasteiger partial charge in [-0.1, -0.05) is 18.2 Å². The van der Waals surface area contributed by atoms with Crippen molar-refractivity contribution in [1.29, 1.82) is 0 Å². The first kappa shape index (κ1) is 15.9. The van der Waals surface area contributed by atoms with Gasteiger partial charge >= 0.3 is 5.97 Å². The number of rotatable bonds is 6. The maximum absolute atomic E-state index is 12.5. The van der Waals surface area contributed by atoms with E-state index in [2.05, 4.69) is 22.5 Å². The lowest BCUT2D eigenvalue weighted by molar-refractivity contribution is -0.137. The third-order valence-corrected chi connectivity index (χ3v) is 5.35. The molecule has 0 radical (unpaired) electrons. The standard InChI is InChI=1S/C12H14BrNO4S/c1-3-7-14(8-11(15)16)19(17,18)12-9(2)5-4-6-10(12)13/h3-6H,1,7-8H2,2H3,(H,15,16). The molecule has 1 aromatic rings. The second-order valence-corrected chi connectivity index (χ2v) is 6.59. The summed E-state index contributed by atoms with van der Waals surface area (Å²) in [4.78, 5) is 10.9. The van der Waals surface area contributed by atoms with Gasteiger partial charge in [-0.05, 0) is 34.5 Å². The number of carboxylic acid groups (broad SMARTS) is 1. The quantitative estimate of drug-likeness (QED) is 0.798. The Morgan fingerprint density at radius 2 is 2.16 bits per heavy atom. The van der Waals surface area contributed by atoms with E-state index in [1.807, 2.05) is 0 Å². The fraction of sp³-hybridized carbons (Fsp3) is 0.250. The number of halogens is 1. The molecule has 0 bridgehead atoms. The zero-order chi connectivity index (χ0) is 14.6. The molecule has 0 saturated heterocycles. The van der Waals surface area contributed by atoms with E-state index in [9.17, 15) is 13.2 Å². The number of hydrogen-bond donors (Lipinski definition) is 1. The molecule has 19 heavy (non-hydrogen) atoms. The van der Waals surface area contributed by atoms with E-state index in [1.165, 1.54) is 6.08 Å². The fourth-order valence-electron chi connectivity index (χ4n) is 1.61. The summed E-state index contributed by atoms with van der Waals surface area (Å²) in [5.74, 6) is -1.21. The Morgan fingerprint density at radius 3 is 2.63 bits per heavy atom. The molecule has 0 amide bonds. The number of sulfonamides is 1. The van der Waals surface area contributed by atoms with Crippen molar-refractivity contribution in [1.82, 2.24) is 4.31 Å². The lowest BCUT2D eigenvalue weighted by Gasteiger charge is -2.20. The van der Waals surface area contributed by atoms with Crippen LogP contribution in [0.3, 0.4) is 0 Å². The normalized spacial score (nSPS) is 11.5. The smallest absolute Gasteiger partial charge is 0.318 e. The Kier molecular flexibility index (Phi) is 5.28. The molecule has 0 saturated carbocycles. The first-order valence-electron chi connectivity index (χ1n) is 5.38. The minimum atomic E-state index is -3.89. The highest BCUT2D eigenvalue weighted by Crippen LogP contribution is 2.28. The molecule has 0 spiro atoms. The molecular formula is C12H14BrNO4S. The zero-order valence-corrected chi connectivity index (χ0v) is 12.7. The van der Waals surface area contributed by atoms with Crippen LogP contribution in [0, 0.1) is 6.92 Å². The van der Waals surface area contributed by atoms with Crippen LogP contribution in [0.15, 0.2) is 40.2 Å². The van der Waals surface area contributed by atoms with E-state index in [1.54, 1.807) is 25.1 Å². The predicted octanol–water partition coefficient (Wildman–Crippen LogP) is 2.02. The van der Waals surface area contributed by atoms with Gasteiger partial charge in [0.25, 0.3) is 0 Å². The van der Waals surface area contributed by atoms with Gasteiger partial charge in [0.15, 0.2) is 0 Å². The number of hydrogen-bond acceptors (Lipinski definition) is 3. The van der Waals surface area contributed by atoms with Crippen LogP contribution in [0.4, 0.5) is 0 Å². The Bertz CT molecular complexity index is 577. The Morgan fingerprint density at radius 1 is 1.53 bits per heavy atom. The molecule has 0 unspecified atom stereocenters. The molecule has 1 rings (SSSR count). The van der Waals surface area contributed by atoms with E-state index in [0.717, 1.165) is 4.31 Å². The van der Waals surface area contributed by atoms with Crippen LogP contribution in [0.1, 0.15) is 5.56 Å². The van der Waals surface area contributed by atoms with E-state index in [4.69, 9.17) is 5.11 Å². The van der Waals surface area contributed by atoms with Crippen LogP contribution in [0.25, 0.3) is 0 Å². The summed E-state index contributed by atoms with van der Waals surface area (Å²) in [6.07, 6.45) is 1.35. The highest BCUT2D eigenvalue weighted by atomic mass is 79.9. The summed E-state index contributed by atoms with van der Waals surface area (Å²) in [6, 6.07) is 4.98. The Labute approximate surface area is 120 Å². The molecule has 1 aromatic carbocycles. The predicted molar refractivity (Wildman–Crippen MR) is 75.5 cm³/mol. The van der Waals surface area contributed by atoms with E-state index < -0.39 is 22.5 Å². The number of carbonyl (C=O) groups is 1. The third kappa shape index (κ3) is 3.65. The van der Waals surface area contributed by atoms with Crippen molar-refractivity contribution in [3.05, 3.63) is 40.9 Å². The molecule has 0 aromatic heterocycles. The third-order valence-electron chi connectivity index (χ3n) is 2.41. The Hall–Kier alpha value is -1.18. The summed E-state index contributed by atoms with van der Waals surface area (Å²) < 4.78 is 26.2. The van der Waals surface area contributed by atoms with Crippen molar-refractivity contribution in [3.63, 3.8) is 0 Å². The highest BCUT2D eigenvalue weighted by Gasteiger charge is 2.28. The lowest BCUT2D eigenvalue weighted by Crippen LogP contribution is -2.36. The van der Waals surface area contributed by atoms with Gasteiger partial charge in [0.1, 0.15) is 6.54 Å². The molecule has 0 fully saturated rings. The maximum atomic E-state index is 12.5. The molecule has 0 aliphatic heterocycles. The summed E-state index contributed by atoms with van der Waals surface area (Å²) in [5.41, 5.74) is 0.550. The van der Waals surface area contributed by atoms with Gasteiger partial charge in [0.05, 0.1) is 4.90 Å². The SMILES string of the molecule is C=CCN(CC(=O)O)S(=O)(=O)c1c(C)cccc1Br. The molecule has 0 aliphatic carbocycles. The average molecular weight is 348 g/mol. The molecular weight excluding hydrogens is 334 g/mol. The maximum Gasteiger partial charge on any atom is 0.318 e. The average Bonchev–Trinajstić information content (AvgIpc) is 2.27. The molecule has 5 nitrogen and oxygen atoms in total. The Balaban J connectivity index is 3.34. The van der Waals surface area contributed by atoms with Gasteiger partial charge < -0.3 is 5.11 Å². The van der Waals surface area contributed by atoms with Crippen molar-refractivity contribution in [2.45, 2.75) is 11.8 Å². The summed E-state index contributed by atoms with van der Waals surface area (Å²) in [5, 5.41) is 8.81. The number of benzene rings is 1. The highest BCUT2D eigenvalue weighted by molar-refractivity contribution is 9.10. The minimum absolute atomic E-state index is 0.0601. The fourth-order valence-corrected chi connectivity index (χ4v) is 4.32. The first-order valence-corrected chi connectivity index (χ1v) is 7.62. The van der Waals surface area contributed by atoms with Gasteiger partial charge in [0.2, 0.25) is 10.0 Å². The molecule has 0 heterocycles. The monoisotopic (exact) mass is 347 g/mol. The van der Waals surface area contributed by atoms with Crippen molar-refractivity contribution in [2.24, 2.45) is 0 Å². The minimum Gasteiger partial charge on any atom is -0.480 e. The molecule has 7 heteroatoms. The molecule has 0 aliphatic rings. The van der Waals surface area contributed by atoms with Crippen LogP contribution >= 0.6 is 15.9 Å². The van der Waals surface area contributed by atoms with E-state index in [-0.39, 0.29) is 11.4 Å². The van der Waals surface area contributed by atoms with E-state index >= 15 is 0 Å². The van der Waals surface area contributed by atoms with Gasteiger partial charge in [0, 0.05) is 11.0 Å². The molecule has 1 N–H and O–H groups in total. The number of nitrogens with zero attached hydrogens (tertiary/aromatic N) is 1. The van der Waals surface area contributed by atoms with Crippen molar-refractivity contribution in [3.8, 4) is 0 Å². The largest absolute Gasteiger partial charge is 0.480 e. The van der Waals surface area contributed by atoms with Crippen molar-refractivity contribution in [2.75, 3.05) is 13.1 Å². The number of aryl methyl sites for hydroxylation is 1. The topological polar surface area (TPSA) is 74.7 Å². The number of aliphatic carboxylic acids is 1. The van der Waals surface area contributed by atoms with Gasteiger partial charge in [-0.25, -0.2) is 8.42 Å². The molecule has 0 atom stereocenters. The summed E-state index contributed by atoms with van der Waals surface area (Å²) in [6.45, 7) is 4.44. The number of carboxylic acids is 1. The summed E-state index contributed by atoms with van der Waals surface area (Å²) >= 11 is 3.19. The second kappa shape index (κ2) is 6.31. The van der Waals surface area contributed by atoms with Gasteiger partial charge in [-0.2, -0.15) is 4.31 Å². The van der Waals surface area contributed by atoms with Crippen molar-refractivity contribution < 1.29 is 18.3 Å². The second-order valence-electron chi connectivity index (χ2n) is 3.87. The lowest BCUT2D eigenvalue weighted by atomic mass is 10.2. The zero-order valence-electron chi connectivity index (χ0n) is 10.3. The van der Waals surface area contributed by atoms with Crippen LogP contribution in [-0.4, -0.2) is 36.9 Å². The summed E-state index contributed by atoms with van der Waals surface area (Å²) in [7, 11) is -3.89. The molecule has 104 valence electrons. The van der Waals surface area contributed by atoms with Crippen LogP contribution < -0.4 is 0 Å².